The van der Waals surface area contributed by atoms with Crippen LogP contribution >= 0.6 is 11.6 Å². The molecule has 1 atom stereocenters. The lowest BCUT2D eigenvalue weighted by atomic mass is 10.1. The minimum absolute atomic E-state index is 0.00119. The number of hydrogen-bond donors (Lipinski definition) is 1. The third-order valence-corrected chi connectivity index (χ3v) is 2.40. The van der Waals surface area contributed by atoms with Crippen molar-refractivity contribution in [2.75, 3.05) is 7.05 Å². The summed E-state index contributed by atoms with van der Waals surface area (Å²) < 4.78 is 28.1. The van der Waals surface area contributed by atoms with E-state index in [1.165, 1.54) is 6.07 Å². The fraction of sp³-hybridized carbons (Fsp3) is 0.400. The quantitative estimate of drug-likeness (QED) is 0.865. The van der Waals surface area contributed by atoms with Gasteiger partial charge in [0.25, 0.3) is 0 Å². The van der Waals surface area contributed by atoms with Gasteiger partial charge in [0.2, 0.25) is 0 Å². The van der Waals surface area contributed by atoms with Gasteiger partial charge in [-0.3, -0.25) is 0 Å². The van der Waals surface area contributed by atoms with Crippen LogP contribution in [0.5, 0.6) is 5.75 Å². The first-order valence-corrected chi connectivity index (χ1v) is 4.84. The lowest BCUT2D eigenvalue weighted by Crippen LogP contribution is -2.12. The van der Waals surface area contributed by atoms with E-state index in [1.54, 1.807) is 12.1 Å². The summed E-state index contributed by atoms with van der Waals surface area (Å²) in [7, 11) is 1.81. The highest BCUT2D eigenvalue weighted by Crippen LogP contribution is 2.28. The number of hydrogen-bond acceptors (Lipinski definition) is 2. The van der Waals surface area contributed by atoms with Gasteiger partial charge in [0.1, 0.15) is 5.75 Å². The lowest BCUT2D eigenvalue weighted by molar-refractivity contribution is -0.0497. The van der Waals surface area contributed by atoms with E-state index in [-0.39, 0.29) is 16.8 Å². The predicted octanol–water partition coefficient (Wildman–Crippen LogP) is 3.22. The number of benzene rings is 1. The first-order chi connectivity index (χ1) is 7.04. The van der Waals surface area contributed by atoms with Gasteiger partial charge in [0, 0.05) is 6.04 Å². The van der Waals surface area contributed by atoms with Crippen molar-refractivity contribution < 1.29 is 13.5 Å². The van der Waals surface area contributed by atoms with Crippen LogP contribution in [0.1, 0.15) is 18.5 Å². The molecule has 1 aromatic rings. The molecule has 5 heteroatoms. The number of nitrogens with one attached hydrogen (secondary N) is 1. The zero-order valence-electron chi connectivity index (χ0n) is 8.43. The van der Waals surface area contributed by atoms with E-state index in [0.717, 1.165) is 5.56 Å². The van der Waals surface area contributed by atoms with Crippen molar-refractivity contribution in [3.05, 3.63) is 28.8 Å². The van der Waals surface area contributed by atoms with Crippen LogP contribution in [0.25, 0.3) is 0 Å². The average molecular weight is 236 g/mol. The molecule has 1 rings (SSSR count). The van der Waals surface area contributed by atoms with Gasteiger partial charge in [0.15, 0.2) is 0 Å². The SMILES string of the molecule is CNC(C)c1ccc(OC(F)F)c(Cl)c1. The maximum absolute atomic E-state index is 11.9. The van der Waals surface area contributed by atoms with Crippen LogP contribution in [0.2, 0.25) is 5.02 Å². The van der Waals surface area contributed by atoms with Gasteiger partial charge >= 0.3 is 6.61 Å². The van der Waals surface area contributed by atoms with Crippen LogP contribution < -0.4 is 10.1 Å². The minimum Gasteiger partial charge on any atom is -0.433 e. The summed E-state index contributed by atoms with van der Waals surface area (Å²) >= 11 is 5.79. The van der Waals surface area contributed by atoms with E-state index in [9.17, 15) is 8.78 Å². The fourth-order valence-electron chi connectivity index (χ4n) is 1.14. The molecule has 0 spiro atoms. The number of ether oxygens (including phenoxy) is 1. The molecule has 0 aliphatic carbocycles. The predicted molar refractivity (Wildman–Crippen MR) is 55.6 cm³/mol. The van der Waals surface area contributed by atoms with E-state index < -0.39 is 6.61 Å². The molecule has 2 nitrogen and oxygen atoms in total. The van der Waals surface area contributed by atoms with Crippen LogP contribution in [0.3, 0.4) is 0 Å². The molecule has 84 valence electrons. The van der Waals surface area contributed by atoms with Crippen molar-refractivity contribution in [3.63, 3.8) is 0 Å². The molecule has 0 aliphatic heterocycles. The molecule has 1 aromatic carbocycles. The van der Waals surface area contributed by atoms with Crippen LogP contribution in [-0.4, -0.2) is 13.7 Å². The summed E-state index contributed by atoms with van der Waals surface area (Å²) in [5.74, 6) is -0.00119. The zero-order chi connectivity index (χ0) is 11.4. The third-order valence-electron chi connectivity index (χ3n) is 2.11. The third kappa shape index (κ3) is 3.32. The summed E-state index contributed by atoms with van der Waals surface area (Å²) in [6.45, 7) is -0.908. The molecule has 1 unspecified atom stereocenters. The summed E-state index contributed by atoms with van der Waals surface area (Å²) in [5, 5.41) is 3.21. The van der Waals surface area contributed by atoms with Crippen molar-refractivity contribution in [1.82, 2.24) is 5.32 Å². The highest BCUT2D eigenvalue weighted by atomic mass is 35.5. The van der Waals surface area contributed by atoms with Crippen molar-refractivity contribution >= 4 is 11.6 Å². The van der Waals surface area contributed by atoms with Crippen molar-refractivity contribution in [1.29, 1.82) is 0 Å². The minimum atomic E-state index is -2.85. The van der Waals surface area contributed by atoms with Crippen LogP contribution in [0, 0.1) is 0 Å². The van der Waals surface area contributed by atoms with Gasteiger partial charge in [-0.15, -0.1) is 0 Å². The van der Waals surface area contributed by atoms with E-state index in [0.29, 0.717) is 0 Å². The van der Waals surface area contributed by atoms with Gasteiger partial charge in [-0.1, -0.05) is 17.7 Å². The van der Waals surface area contributed by atoms with Gasteiger partial charge in [0.05, 0.1) is 5.02 Å². The Kier molecular flexibility index (Phi) is 4.29. The number of halogens is 3. The van der Waals surface area contributed by atoms with E-state index in [2.05, 4.69) is 10.1 Å². The Hall–Kier alpha value is -0.870. The van der Waals surface area contributed by atoms with Crippen LogP contribution in [0.4, 0.5) is 8.78 Å². The molecule has 0 heterocycles. The lowest BCUT2D eigenvalue weighted by Gasteiger charge is -2.13. The second-order valence-electron chi connectivity index (χ2n) is 3.08. The van der Waals surface area contributed by atoms with Crippen LogP contribution in [-0.2, 0) is 0 Å². The Morgan fingerprint density at radius 3 is 2.53 bits per heavy atom. The Bertz CT molecular complexity index is 333. The zero-order valence-corrected chi connectivity index (χ0v) is 9.18. The topological polar surface area (TPSA) is 21.3 Å². The van der Waals surface area contributed by atoms with E-state index in [4.69, 9.17) is 11.6 Å². The molecular formula is C10H12ClF2NO. The summed E-state index contributed by atoms with van der Waals surface area (Å²) in [5.41, 5.74) is 0.920. The van der Waals surface area contributed by atoms with Crippen LogP contribution in [0.15, 0.2) is 18.2 Å². The molecular weight excluding hydrogens is 224 g/mol. The van der Waals surface area contributed by atoms with Gasteiger partial charge in [-0.05, 0) is 31.7 Å². The Balaban J connectivity index is 2.88. The molecule has 0 aliphatic rings. The molecule has 0 saturated heterocycles. The second kappa shape index (κ2) is 5.28. The van der Waals surface area contributed by atoms with Crippen molar-refractivity contribution in [2.24, 2.45) is 0 Å². The first-order valence-electron chi connectivity index (χ1n) is 4.46. The monoisotopic (exact) mass is 235 g/mol. The first kappa shape index (κ1) is 12.2. The highest BCUT2D eigenvalue weighted by molar-refractivity contribution is 6.32. The molecule has 0 amide bonds. The molecule has 0 saturated carbocycles. The average Bonchev–Trinajstić information content (AvgIpc) is 2.19. The van der Waals surface area contributed by atoms with Gasteiger partial charge in [-0.25, -0.2) is 0 Å². The molecule has 0 radical (unpaired) electrons. The molecule has 0 fully saturated rings. The van der Waals surface area contributed by atoms with E-state index >= 15 is 0 Å². The second-order valence-corrected chi connectivity index (χ2v) is 3.49. The van der Waals surface area contributed by atoms with Gasteiger partial charge < -0.3 is 10.1 Å². The smallest absolute Gasteiger partial charge is 0.387 e. The Morgan fingerprint density at radius 2 is 2.07 bits per heavy atom. The Morgan fingerprint density at radius 1 is 1.40 bits per heavy atom. The van der Waals surface area contributed by atoms with Crippen molar-refractivity contribution in [3.8, 4) is 5.75 Å². The van der Waals surface area contributed by atoms with Crippen molar-refractivity contribution in [2.45, 2.75) is 19.6 Å². The maximum Gasteiger partial charge on any atom is 0.387 e. The highest BCUT2D eigenvalue weighted by Gasteiger charge is 2.10. The normalized spacial score (nSPS) is 12.9. The Labute approximate surface area is 92.2 Å². The molecule has 15 heavy (non-hydrogen) atoms. The van der Waals surface area contributed by atoms with E-state index in [1.807, 2.05) is 14.0 Å². The maximum atomic E-state index is 11.9. The number of alkyl halides is 2. The summed E-state index contributed by atoms with van der Waals surface area (Å²) in [6.07, 6.45) is 0. The van der Waals surface area contributed by atoms with Gasteiger partial charge in [-0.2, -0.15) is 8.78 Å². The molecule has 0 bridgehead atoms. The summed E-state index contributed by atoms with van der Waals surface area (Å²) in [6, 6.07) is 4.87. The number of rotatable bonds is 4. The summed E-state index contributed by atoms with van der Waals surface area (Å²) in [4.78, 5) is 0. The molecule has 0 aromatic heterocycles. The standard InChI is InChI=1S/C10H12ClF2NO/c1-6(14-2)7-3-4-9(8(11)5-7)15-10(12)13/h3-6,10,14H,1-2H3. The molecule has 1 N–H and O–H groups in total. The largest absolute Gasteiger partial charge is 0.433 e. The fourth-order valence-corrected chi connectivity index (χ4v) is 1.38.